The summed E-state index contributed by atoms with van der Waals surface area (Å²) in [5.74, 6) is 1.31. The van der Waals surface area contributed by atoms with E-state index in [1.54, 1.807) is 4.57 Å². The molecule has 0 aliphatic carbocycles. The monoisotopic (exact) mass is 618 g/mol. The predicted molar refractivity (Wildman–Crippen MR) is 176 cm³/mol. The van der Waals surface area contributed by atoms with E-state index < -0.39 is 5.76 Å². The van der Waals surface area contributed by atoms with Gasteiger partial charge in [0.15, 0.2) is 5.82 Å². The van der Waals surface area contributed by atoms with Crippen LogP contribution in [-0.4, -0.2) is 77.7 Å². The van der Waals surface area contributed by atoms with Crippen molar-refractivity contribution in [3.8, 4) is 34.0 Å². The quantitative estimate of drug-likeness (QED) is 0.189. The average molecular weight is 619 g/mol. The van der Waals surface area contributed by atoms with Gasteiger partial charge >= 0.3 is 57.1 Å². The van der Waals surface area contributed by atoms with Gasteiger partial charge < -0.3 is 4.74 Å². The Morgan fingerprint density at radius 3 is 2.18 bits per heavy atom. The van der Waals surface area contributed by atoms with Crippen LogP contribution in [0.2, 0.25) is 0 Å². The molecule has 0 unspecified atom stereocenters. The Morgan fingerprint density at radius 1 is 0.909 bits per heavy atom. The van der Waals surface area contributed by atoms with Crippen LogP contribution >= 0.6 is 0 Å². The summed E-state index contributed by atoms with van der Waals surface area (Å²) in [7, 11) is 0. The molecule has 2 heterocycles. The minimum atomic E-state index is -0.596. The van der Waals surface area contributed by atoms with E-state index in [4.69, 9.17) is 14.2 Å². The fourth-order valence-corrected chi connectivity index (χ4v) is 5.06. The Kier molecular flexibility index (Phi) is 11.4. The van der Waals surface area contributed by atoms with Crippen molar-refractivity contribution < 1.29 is 9.26 Å². The van der Waals surface area contributed by atoms with E-state index in [0.717, 1.165) is 58.1 Å². The SMILES string of the molecule is CCCc1nc(CC)n(-c2ccc(OCC(C)(C)C)cc2)c(=O)c1Cc1ccc(-c2ccccc2-c2noc(=O)[nH]2)cc1.[KH]. The third kappa shape index (κ3) is 7.94. The van der Waals surface area contributed by atoms with Gasteiger partial charge in [-0.05, 0) is 52.8 Å². The van der Waals surface area contributed by atoms with Crippen molar-refractivity contribution in [2.24, 2.45) is 5.41 Å². The topological polar surface area (TPSA) is 103 Å². The first kappa shape index (κ1) is 33.8. The van der Waals surface area contributed by atoms with Gasteiger partial charge in [-0.15, -0.1) is 0 Å². The van der Waals surface area contributed by atoms with Gasteiger partial charge in [-0.2, -0.15) is 0 Å². The van der Waals surface area contributed by atoms with Crippen LogP contribution in [0, 0.1) is 5.41 Å². The van der Waals surface area contributed by atoms with Gasteiger partial charge in [-0.25, -0.2) is 9.78 Å². The molecule has 0 saturated carbocycles. The zero-order chi connectivity index (χ0) is 30.6. The number of hydrogen-bond acceptors (Lipinski definition) is 6. The van der Waals surface area contributed by atoms with Gasteiger partial charge in [0, 0.05) is 24.0 Å². The van der Waals surface area contributed by atoms with Crippen LogP contribution in [0.3, 0.4) is 0 Å². The summed E-state index contributed by atoms with van der Waals surface area (Å²) in [5.41, 5.74) is 6.01. The zero-order valence-electron chi connectivity index (χ0n) is 25.4. The molecule has 1 N–H and O–H groups in total. The van der Waals surface area contributed by atoms with Crippen molar-refractivity contribution in [3.63, 3.8) is 0 Å². The fraction of sp³-hybridized carbons (Fsp3) is 0.314. The molecule has 0 atom stereocenters. The van der Waals surface area contributed by atoms with Gasteiger partial charge in [-0.3, -0.25) is 18.9 Å². The van der Waals surface area contributed by atoms with E-state index in [1.807, 2.05) is 79.7 Å². The molecule has 2 aromatic heterocycles. The van der Waals surface area contributed by atoms with Gasteiger partial charge in [0.2, 0.25) is 0 Å². The molecule has 0 fully saturated rings. The Morgan fingerprint density at radius 2 is 1.59 bits per heavy atom. The summed E-state index contributed by atoms with van der Waals surface area (Å²) < 4.78 is 12.4. The van der Waals surface area contributed by atoms with E-state index in [0.29, 0.717) is 30.8 Å². The first-order valence-electron chi connectivity index (χ1n) is 14.8. The summed E-state index contributed by atoms with van der Waals surface area (Å²) in [4.78, 5) is 33.3. The molecule has 0 aliphatic rings. The number of aromatic nitrogens is 4. The van der Waals surface area contributed by atoms with Crippen molar-refractivity contribution in [2.45, 2.75) is 60.3 Å². The average Bonchev–Trinajstić information content (AvgIpc) is 3.44. The molecule has 0 radical (unpaired) electrons. The standard InChI is InChI=1S/C35H38N4O4.K.H/c1-6-10-30-29(33(40)39(31(7-2)36-30)25-17-19-26(20-18-25)42-22-35(3,4)5)21-23-13-15-24(16-14-23)27-11-8-9-12-28(27)32-37-34(41)43-38-32;;/h8-9,11-20H,6-7,10,21-22H2,1-5H3,(H,37,38,41);;. The number of nitrogens with one attached hydrogen (secondary N) is 1. The van der Waals surface area contributed by atoms with Crippen LogP contribution in [0.1, 0.15) is 63.7 Å². The molecule has 44 heavy (non-hydrogen) atoms. The predicted octanol–water partition coefficient (Wildman–Crippen LogP) is 6.12. The number of rotatable bonds is 10. The summed E-state index contributed by atoms with van der Waals surface area (Å²) in [6, 6.07) is 23.5. The van der Waals surface area contributed by atoms with Crippen LogP contribution in [0.5, 0.6) is 5.75 Å². The summed E-state index contributed by atoms with van der Waals surface area (Å²) in [6.45, 7) is 11.1. The maximum atomic E-state index is 14.1. The van der Waals surface area contributed by atoms with Crippen LogP contribution in [-0.2, 0) is 19.3 Å². The van der Waals surface area contributed by atoms with Crippen molar-refractivity contribution >= 4 is 51.4 Å². The Hall–Kier alpha value is -3.08. The van der Waals surface area contributed by atoms with Crippen LogP contribution < -0.4 is 16.1 Å². The Labute approximate surface area is 300 Å². The van der Waals surface area contributed by atoms with Crippen LogP contribution in [0.4, 0.5) is 0 Å². The molecular weight excluding hydrogens is 580 g/mol. The summed E-state index contributed by atoms with van der Waals surface area (Å²) >= 11 is 0. The second-order valence-corrected chi connectivity index (χ2v) is 11.9. The number of nitrogens with zero attached hydrogens (tertiary/aromatic N) is 3. The Bertz CT molecular complexity index is 1810. The van der Waals surface area contributed by atoms with Gasteiger partial charge in [0.05, 0.1) is 18.0 Å². The molecule has 0 saturated heterocycles. The van der Waals surface area contributed by atoms with Crippen LogP contribution in [0.25, 0.3) is 28.2 Å². The van der Waals surface area contributed by atoms with Gasteiger partial charge in [0.1, 0.15) is 11.6 Å². The number of ether oxygens (including phenoxy) is 1. The van der Waals surface area contributed by atoms with Gasteiger partial charge in [-0.1, -0.05) is 94.7 Å². The minimum absolute atomic E-state index is 0. The van der Waals surface area contributed by atoms with Crippen molar-refractivity contribution in [1.82, 2.24) is 19.7 Å². The number of hydrogen-bond donors (Lipinski definition) is 1. The summed E-state index contributed by atoms with van der Waals surface area (Å²) in [6.07, 6.45) is 2.74. The van der Waals surface area contributed by atoms with E-state index >= 15 is 0 Å². The maximum absolute atomic E-state index is 14.1. The number of H-pyrrole nitrogens is 1. The van der Waals surface area contributed by atoms with E-state index in [2.05, 4.69) is 37.8 Å². The summed E-state index contributed by atoms with van der Waals surface area (Å²) in [5, 5.41) is 3.86. The normalized spacial score (nSPS) is 11.3. The molecule has 0 spiro atoms. The zero-order valence-corrected chi connectivity index (χ0v) is 25.4. The fourth-order valence-electron chi connectivity index (χ4n) is 5.06. The molecule has 5 rings (SSSR count). The van der Waals surface area contributed by atoms with Crippen molar-refractivity contribution in [2.75, 3.05) is 6.61 Å². The third-order valence-corrected chi connectivity index (χ3v) is 7.17. The molecule has 8 nitrogen and oxygen atoms in total. The van der Waals surface area contributed by atoms with Crippen molar-refractivity contribution in [1.29, 1.82) is 0 Å². The van der Waals surface area contributed by atoms with E-state index in [1.165, 1.54) is 0 Å². The molecule has 0 bridgehead atoms. The molecule has 3 aromatic carbocycles. The van der Waals surface area contributed by atoms with Crippen LogP contribution in [0.15, 0.2) is 86.9 Å². The van der Waals surface area contributed by atoms with E-state index in [9.17, 15) is 9.59 Å². The second-order valence-electron chi connectivity index (χ2n) is 11.9. The van der Waals surface area contributed by atoms with E-state index in [-0.39, 0.29) is 62.4 Å². The first-order valence-corrected chi connectivity index (χ1v) is 14.8. The van der Waals surface area contributed by atoms with Gasteiger partial charge in [0.25, 0.3) is 5.56 Å². The molecule has 224 valence electrons. The first-order chi connectivity index (χ1) is 20.7. The molecule has 0 aliphatic heterocycles. The number of benzene rings is 3. The molecule has 0 amide bonds. The number of aromatic amines is 1. The molecular formula is C35H39KN4O4. The number of aryl methyl sites for hydroxylation is 2. The third-order valence-electron chi connectivity index (χ3n) is 7.17. The molecule has 9 heteroatoms. The second kappa shape index (κ2) is 14.8. The van der Waals surface area contributed by atoms with Crippen molar-refractivity contribution in [3.05, 3.63) is 116 Å². The molecule has 5 aromatic rings. The Balaban J connectivity index is 0.00000442.